The smallest absolute Gasteiger partial charge is 0.130 e. The minimum atomic E-state index is 0.589. The van der Waals surface area contributed by atoms with Crippen molar-refractivity contribution >= 4 is 16.7 Å². The van der Waals surface area contributed by atoms with Gasteiger partial charge in [-0.2, -0.15) is 0 Å². The Hall–Kier alpha value is -1.61. The first-order valence-electron chi connectivity index (χ1n) is 8.06. The third-order valence-electron chi connectivity index (χ3n) is 4.68. The Balaban J connectivity index is 2.10. The lowest BCUT2D eigenvalue weighted by atomic mass is 10.1. The summed E-state index contributed by atoms with van der Waals surface area (Å²) in [4.78, 5) is 7.48. The van der Waals surface area contributed by atoms with Crippen molar-refractivity contribution in [1.82, 2.24) is 10.3 Å². The van der Waals surface area contributed by atoms with E-state index < -0.39 is 0 Å². The number of hydrogen-bond acceptors (Lipinski definition) is 3. The maximum Gasteiger partial charge on any atom is 0.130 e. The SMILES string of the molecule is CCC1CCC(C)N1c1cc(CNC)c2ccccc2n1. The summed E-state index contributed by atoms with van der Waals surface area (Å²) in [6.45, 7) is 5.49. The molecule has 1 aliphatic heterocycles. The predicted octanol–water partition coefficient (Wildman–Crippen LogP) is 3.72. The monoisotopic (exact) mass is 283 g/mol. The highest BCUT2D eigenvalue weighted by Crippen LogP contribution is 2.33. The number of benzene rings is 1. The second kappa shape index (κ2) is 6.02. The molecule has 0 bridgehead atoms. The standard InChI is InChI=1S/C18H25N3/c1-4-15-10-9-13(2)21(15)18-11-14(12-19-3)16-7-5-6-8-17(16)20-18/h5-8,11,13,15,19H,4,9-10,12H2,1-3H3. The van der Waals surface area contributed by atoms with Crippen molar-refractivity contribution in [1.29, 1.82) is 0 Å². The fraction of sp³-hybridized carbons (Fsp3) is 0.500. The summed E-state index contributed by atoms with van der Waals surface area (Å²) < 4.78 is 0. The van der Waals surface area contributed by atoms with Crippen molar-refractivity contribution in [3.63, 3.8) is 0 Å². The molecule has 3 rings (SSSR count). The van der Waals surface area contributed by atoms with Crippen molar-refractivity contribution in [3.05, 3.63) is 35.9 Å². The van der Waals surface area contributed by atoms with Gasteiger partial charge in [-0.1, -0.05) is 25.1 Å². The molecule has 0 spiro atoms. The Labute approximate surface area is 127 Å². The van der Waals surface area contributed by atoms with Crippen LogP contribution in [0, 0.1) is 0 Å². The Bertz CT molecular complexity index is 623. The van der Waals surface area contributed by atoms with Crippen LogP contribution in [0.25, 0.3) is 10.9 Å². The van der Waals surface area contributed by atoms with Gasteiger partial charge in [0, 0.05) is 24.0 Å². The van der Waals surface area contributed by atoms with Crippen LogP contribution in [0.5, 0.6) is 0 Å². The maximum absolute atomic E-state index is 4.95. The molecule has 1 N–H and O–H groups in total. The van der Waals surface area contributed by atoms with E-state index in [4.69, 9.17) is 4.98 Å². The van der Waals surface area contributed by atoms with Gasteiger partial charge in [-0.05, 0) is 50.9 Å². The molecular weight excluding hydrogens is 258 g/mol. The Kier molecular flexibility index (Phi) is 4.11. The molecule has 3 heteroatoms. The summed E-state index contributed by atoms with van der Waals surface area (Å²) >= 11 is 0. The molecule has 112 valence electrons. The van der Waals surface area contributed by atoms with Crippen molar-refractivity contribution in [2.45, 2.75) is 51.7 Å². The number of para-hydroxylation sites is 1. The molecule has 3 nitrogen and oxygen atoms in total. The van der Waals surface area contributed by atoms with Crippen molar-refractivity contribution in [3.8, 4) is 0 Å². The van der Waals surface area contributed by atoms with Crippen LogP contribution < -0.4 is 10.2 Å². The second-order valence-electron chi connectivity index (χ2n) is 6.08. The highest BCUT2D eigenvalue weighted by molar-refractivity contribution is 5.84. The Morgan fingerprint density at radius 1 is 1.29 bits per heavy atom. The second-order valence-corrected chi connectivity index (χ2v) is 6.08. The van der Waals surface area contributed by atoms with Crippen molar-refractivity contribution < 1.29 is 0 Å². The first-order valence-corrected chi connectivity index (χ1v) is 8.06. The summed E-state index contributed by atoms with van der Waals surface area (Å²) in [5.41, 5.74) is 2.45. The van der Waals surface area contributed by atoms with Gasteiger partial charge in [-0.15, -0.1) is 0 Å². The van der Waals surface area contributed by atoms with E-state index in [-0.39, 0.29) is 0 Å². The minimum absolute atomic E-state index is 0.589. The summed E-state index contributed by atoms with van der Waals surface area (Å²) in [6.07, 6.45) is 3.75. The summed E-state index contributed by atoms with van der Waals surface area (Å²) in [5.74, 6) is 1.15. The fourth-order valence-corrected chi connectivity index (χ4v) is 3.59. The van der Waals surface area contributed by atoms with E-state index in [9.17, 15) is 0 Å². The van der Waals surface area contributed by atoms with Crippen LogP contribution in [0.1, 0.15) is 38.7 Å². The van der Waals surface area contributed by atoms with Gasteiger partial charge in [0.15, 0.2) is 0 Å². The topological polar surface area (TPSA) is 28.2 Å². The molecule has 1 aromatic carbocycles. The van der Waals surface area contributed by atoms with Crippen LogP contribution in [0.15, 0.2) is 30.3 Å². The van der Waals surface area contributed by atoms with Crippen LogP contribution in [-0.4, -0.2) is 24.1 Å². The molecule has 0 radical (unpaired) electrons. The number of rotatable bonds is 4. The molecule has 0 amide bonds. The summed E-state index contributed by atoms with van der Waals surface area (Å²) in [5, 5.41) is 4.54. The van der Waals surface area contributed by atoms with E-state index in [1.807, 2.05) is 7.05 Å². The van der Waals surface area contributed by atoms with Crippen LogP contribution in [0.3, 0.4) is 0 Å². The minimum Gasteiger partial charge on any atom is -0.351 e. The number of hydrogen-bond donors (Lipinski definition) is 1. The average molecular weight is 283 g/mol. The van der Waals surface area contributed by atoms with Gasteiger partial charge in [0.25, 0.3) is 0 Å². The molecule has 21 heavy (non-hydrogen) atoms. The van der Waals surface area contributed by atoms with E-state index in [0.717, 1.165) is 17.9 Å². The molecule has 2 heterocycles. The van der Waals surface area contributed by atoms with E-state index in [2.05, 4.69) is 54.4 Å². The molecule has 0 aliphatic carbocycles. The van der Waals surface area contributed by atoms with Crippen LogP contribution in [-0.2, 0) is 6.54 Å². The zero-order chi connectivity index (χ0) is 14.8. The van der Waals surface area contributed by atoms with E-state index in [1.54, 1.807) is 0 Å². The molecule has 2 aromatic rings. The quantitative estimate of drug-likeness (QED) is 0.927. The first-order chi connectivity index (χ1) is 10.2. The Morgan fingerprint density at radius 2 is 2.10 bits per heavy atom. The molecule has 1 aromatic heterocycles. The number of anilines is 1. The molecule has 1 fully saturated rings. The largest absolute Gasteiger partial charge is 0.351 e. The van der Waals surface area contributed by atoms with Gasteiger partial charge in [0.2, 0.25) is 0 Å². The third-order valence-corrected chi connectivity index (χ3v) is 4.68. The first kappa shape index (κ1) is 14.3. The van der Waals surface area contributed by atoms with Gasteiger partial charge in [-0.25, -0.2) is 4.98 Å². The normalized spacial score (nSPS) is 22.1. The predicted molar refractivity (Wildman–Crippen MR) is 89.8 cm³/mol. The summed E-state index contributed by atoms with van der Waals surface area (Å²) in [6, 6.07) is 12.0. The van der Waals surface area contributed by atoms with E-state index in [0.29, 0.717) is 12.1 Å². The highest BCUT2D eigenvalue weighted by atomic mass is 15.3. The molecule has 1 saturated heterocycles. The molecule has 2 unspecified atom stereocenters. The Morgan fingerprint density at radius 3 is 2.86 bits per heavy atom. The zero-order valence-corrected chi connectivity index (χ0v) is 13.3. The molecular formula is C18H25N3. The van der Waals surface area contributed by atoms with Gasteiger partial charge < -0.3 is 10.2 Å². The third kappa shape index (κ3) is 2.62. The number of nitrogens with one attached hydrogen (secondary N) is 1. The van der Waals surface area contributed by atoms with Gasteiger partial charge in [-0.3, -0.25) is 0 Å². The summed E-state index contributed by atoms with van der Waals surface area (Å²) in [7, 11) is 2.00. The molecule has 2 atom stereocenters. The fourth-order valence-electron chi connectivity index (χ4n) is 3.59. The average Bonchev–Trinajstić information content (AvgIpc) is 2.88. The van der Waals surface area contributed by atoms with Crippen LogP contribution in [0.4, 0.5) is 5.82 Å². The van der Waals surface area contributed by atoms with E-state index >= 15 is 0 Å². The number of fused-ring (bicyclic) bond motifs is 1. The number of pyridine rings is 1. The lowest BCUT2D eigenvalue weighted by Crippen LogP contribution is -2.34. The van der Waals surface area contributed by atoms with Crippen LogP contribution >= 0.6 is 0 Å². The van der Waals surface area contributed by atoms with Crippen LogP contribution in [0.2, 0.25) is 0 Å². The van der Waals surface area contributed by atoms with E-state index in [1.165, 1.54) is 30.2 Å². The lowest BCUT2D eigenvalue weighted by Gasteiger charge is -2.30. The van der Waals surface area contributed by atoms with Gasteiger partial charge in [0.05, 0.1) is 5.52 Å². The van der Waals surface area contributed by atoms with Gasteiger partial charge >= 0.3 is 0 Å². The maximum atomic E-state index is 4.95. The lowest BCUT2D eigenvalue weighted by molar-refractivity contribution is 0.621. The zero-order valence-electron chi connectivity index (χ0n) is 13.3. The number of nitrogens with zero attached hydrogens (tertiary/aromatic N) is 2. The highest BCUT2D eigenvalue weighted by Gasteiger charge is 2.30. The van der Waals surface area contributed by atoms with Crippen molar-refractivity contribution in [2.75, 3.05) is 11.9 Å². The molecule has 0 saturated carbocycles. The van der Waals surface area contributed by atoms with Gasteiger partial charge in [0.1, 0.15) is 5.82 Å². The number of aromatic nitrogens is 1. The van der Waals surface area contributed by atoms with Crippen molar-refractivity contribution in [2.24, 2.45) is 0 Å². The molecule has 1 aliphatic rings.